The van der Waals surface area contributed by atoms with Crippen LogP contribution in [-0.4, -0.2) is 48.3 Å². The summed E-state index contributed by atoms with van der Waals surface area (Å²) in [6, 6.07) is 3.95. The van der Waals surface area contributed by atoms with Gasteiger partial charge in [0.15, 0.2) is 0 Å². The molecule has 1 aliphatic rings. The van der Waals surface area contributed by atoms with E-state index in [-0.39, 0.29) is 23.7 Å². The average Bonchev–Trinajstić information content (AvgIpc) is 2.38. The Balaban J connectivity index is 2.15. The van der Waals surface area contributed by atoms with E-state index in [1.54, 1.807) is 0 Å². The molecule has 0 aliphatic carbocycles. The van der Waals surface area contributed by atoms with Gasteiger partial charge in [-0.2, -0.15) is 0 Å². The number of amides is 1. The fourth-order valence-corrected chi connectivity index (χ4v) is 2.01. The zero-order valence-electron chi connectivity index (χ0n) is 9.60. The average molecular weight is 274 g/mol. The molecule has 2 rings (SSSR count). The van der Waals surface area contributed by atoms with Crippen LogP contribution in [0.4, 0.5) is 4.39 Å². The molecule has 18 heavy (non-hydrogen) atoms. The zero-order valence-corrected chi connectivity index (χ0v) is 10.4. The molecule has 4 nitrogen and oxygen atoms in total. The quantitative estimate of drug-likeness (QED) is 0.884. The summed E-state index contributed by atoms with van der Waals surface area (Å²) in [6.07, 6.45) is -0.405. The monoisotopic (exact) mass is 273 g/mol. The van der Waals surface area contributed by atoms with Crippen molar-refractivity contribution >= 4 is 17.5 Å². The molecule has 1 unspecified atom stereocenters. The molecular weight excluding hydrogens is 261 g/mol. The first-order valence-electron chi connectivity index (χ1n) is 5.58. The number of aliphatic hydroxyl groups excluding tert-OH is 1. The van der Waals surface area contributed by atoms with Crippen LogP contribution >= 0.6 is 11.6 Å². The van der Waals surface area contributed by atoms with Crippen LogP contribution in [0, 0.1) is 5.82 Å². The van der Waals surface area contributed by atoms with Crippen LogP contribution in [0.3, 0.4) is 0 Å². The Hall–Kier alpha value is -1.17. The van der Waals surface area contributed by atoms with Crippen LogP contribution in [0.2, 0.25) is 5.02 Å². The van der Waals surface area contributed by atoms with Gasteiger partial charge in [-0.25, -0.2) is 4.39 Å². The number of morpholine rings is 1. The van der Waals surface area contributed by atoms with Crippen LogP contribution in [0.15, 0.2) is 18.2 Å². The standard InChI is InChI=1S/C12H13ClFNO3/c13-8-1-2-10(11(14)5-8)12(17)15-3-4-18-9(6-15)7-16/h1-2,5,9,16H,3-4,6-7H2. The number of carbonyl (C=O) groups excluding carboxylic acids is 1. The van der Waals surface area contributed by atoms with Gasteiger partial charge in [0.2, 0.25) is 0 Å². The highest BCUT2D eigenvalue weighted by atomic mass is 35.5. The lowest BCUT2D eigenvalue weighted by atomic mass is 10.1. The summed E-state index contributed by atoms with van der Waals surface area (Å²) in [6.45, 7) is 0.827. The maximum absolute atomic E-state index is 13.6. The highest BCUT2D eigenvalue weighted by Gasteiger charge is 2.26. The van der Waals surface area contributed by atoms with Crippen molar-refractivity contribution in [1.29, 1.82) is 0 Å². The largest absolute Gasteiger partial charge is 0.394 e. The molecule has 0 saturated carbocycles. The summed E-state index contributed by atoms with van der Waals surface area (Å²) in [4.78, 5) is 13.6. The molecule has 1 amide bonds. The maximum atomic E-state index is 13.6. The van der Waals surface area contributed by atoms with Gasteiger partial charge in [0.25, 0.3) is 5.91 Å². The van der Waals surface area contributed by atoms with E-state index in [4.69, 9.17) is 21.4 Å². The Kier molecular flexibility index (Phi) is 4.16. The zero-order chi connectivity index (χ0) is 13.1. The molecular formula is C12H13ClFNO3. The smallest absolute Gasteiger partial charge is 0.256 e. The van der Waals surface area contributed by atoms with Crippen LogP contribution < -0.4 is 0 Å². The van der Waals surface area contributed by atoms with Crippen LogP contribution in [0.5, 0.6) is 0 Å². The van der Waals surface area contributed by atoms with Crippen molar-refractivity contribution in [3.05, 3.63) is 34.6 Å². The minimum Gasteiger partial charge on any atom is -0.394 e. The predicted octanol–water partition coefficient (Wildman–Crippen LogP) is 1.31. The second-order valence-electron chi connectivity index (χ2n) is 4.05. The van der Waals surface area contributed by atoms with Crippen LogP contribution in [-0.2, 0) is 4.74 Å². The van der Waals surface area contributed by atoms with Crippen molar-refractivity contribution in [2.45, 2.75) is 6.10 Å². The van der Waals surface area contributed by atoms with Crippen molar-refractivity contribution in [1.82, 2.24) is 4.90 Å². The van der Waals surface area contributed by atoms with E-state index in [9.17, 15) is 9.18 Å². The second kappa shape index (κ2) is 5.65. The van der Waals surface area contributed by atoms with E-state index in [2.05, 4.69) is 0 Å². The Morgan fingerprint density at radius 2 is 2.39 bits per heavy atom. The number of carbonyl (C=O) groups is 1. The number of rotatable bonds is 2. The summed E-state index contributed by atoms with van der Waals surface area (Å²) in [5.41, 5.74) is -0.0158. The minimum atomic E-state index is -0.639. The van der Waals surface area contributed by atoms with Gasteiger partial charge in [0.05, 0.1) is 24.9 Å². The first kappa shape index (κ1) is 13.3. The van der Waals surface area contributed by atoms with Gasteiger partial charge in [-0.1, -0.05) is 11.6 Å². The van der Waals surface area contributed by atoms with E-state index < -0.39 is 17.8 Å². The van der Waals surface area contributed by atoms with Crippen molar-refractivity contribution in [2.24, 2.45) is 0 Å². The van der Waals surface area contributed by atoms with Crippen molar-refractivity contribution in [2.75, 3.05) is 26.3 Å². The van der Waals surface area contributed by atoms with Crippen molar-refractivity contribution in [3.63, 3.8) is 0 Å². The molecule has 1 saturated heterocycles. The predicted molar refractivity (Wildman–Crippen MR) is 64.1 cm³/mol. The number of aliphatic hydroxyl groups is 1. The van der Waals surface area contributed by atoms with E-state index in [1.807, 2.05) is 0 Å². The summed E-state index contributed by atoms with van der Waals surface area (Å²) in [5.74, 6) is -1.05. The fourth-order valence-electron chi connectivity index (χ4n) is 1.85. The molecule has 1 aliphatic heterocycles. The first-order valence-corrected chi connectivity index (χ1v) is 5.96. The number of benzene rings is 1. The molecule has 98 valence electrons. The fraction of sp³-hybridized carbons (Fsp3) is 0.417. The van der Waals surface area contributed by atoms with Crippen molar-refractivity contribution < 1.29 is 19.0 Å². The molecule has 1 N–H and O–H groups in total. The molecule has 0 bridgehead atoms. The third kappa shape index (κ3) is 2.80. The molecule has 1 aromatic carbocycles. The molecule has 6 heteroatoms. The Bertz CT molecular complexity index is 455. The SMILES string of the molecule is O=C(c1ccc(Cl)cc1F)N1CCOC(CO)C1. The van der Waals surface area contributed by atoms with Crippen LogP contribution in [0.1, 0.15) is 10.4 Å². The second-order valence-corrected chi connectivity index (χ2v) is 4.49. The van der Waals surface area contributed by atoms with Gasteiger partial charge < -0.3 is 14.7 Å². The van der Waals surface area contributed by atoms with Gasteiger partial charge in [0, 0.05) is 18.1 Å². The van der Waals surface area contributed by atoms with Gasteiger partial charge in [-0.15, -0.1) is 0 Å². The van der Waals surface area contributed by atoms with Gasteiger partial charge in [0.1, 0.15) is 5.82 Å². The topological polar surface area (TPSA) is 49.8 Å². The lowest BCUT2D eigenvalue weighted by Crippen LogP contribution is -2.47. The minimum absolute atomic E-state index is 0.0158. The maximum Gasteiger partial charge on any atom is 0.256 e. The highest BCUT2D eigenvalue weighted by Crippen LogP contribution is 2.17. The lowest BCUT2D eigenvalue weighted by molar-refractivity contribution is -0.0448. The molecule has 1 atom stereocenters. The summed E-state index contributed by atoms with van der Waals surface area (Å²) >= 11 is 5.64. The summed E-state index contributed by atoms with van der Waals surface area (Å²) in [5, 5.41) is 9.25. The third-order valence-electron chi connectivity index (χ3n) is 2.79. The third-order valence-corrected chi connectivity index (χ3v) is 3.03. The summed E-state index contributed by atoms with van der Waals surface area (Å²) < 4.78 is 18.9. The number of halogens is 2. The number of ether oxygens (including phenoxy) is 1. The molecule has 0 aromatic heterocycles. The van der Waals surface area contributed by atoms with Gasteiger partial charge in [-0.3, -0.25) is 4.79 Å². The normalized spacial score (nSPS) is 19.9. The van der Waals surface area contributed by atoms with Gasteiger partial charge in [-0.05, 0) is 18.2 Å². The Morgan fingerprint density at radius 1 is 1.61 bits per heavy atom. The van der Waals surface area contributed by atoms with E-state index in [0.717, 1.165) is 6.07 Å². The first-order chi connectivity index (χ1) is 8.61. The molecule has 0 spiro atoms. The number of hydrogen-bond acceptors (Lipinski definition) is 3. The van der Waals surface area contributed by atoms with E-state index in [1.165, 1.54) is 17.0 Å². The summed E-state index contributed by atoms with van der Waals surface area (Å²) in [7, 11) is 0. The van der Waals surface area contributed by atoms with Crippen LogP contribution in [0.25, 0.3) is 0 Å². The van der Waals surface area contributed by atoms with E-state index >= 15 is 0 Å². The van der Waals surface area contributed by atoms with E-state index in [0.29, 0.717) is 13.2 Å². The molecule has 1 fully saturated rings. The lowest BCUT2D eigenvalue weighted by Gasteiger charge is -2.32. The molecule has 1 heterocycles. The molecule has 0 radical (unpaired) electrons. The number of hydrogen-bond donors (Lipinski definition) is 1. The van der Waals surface area contributed by atoms with Crippen molar-refractivity contribution in [3.8, 4) is 0 Å². The number of nitrogens with zero attached hydrogens (tertiary/aromatic N) is 1. The Morgan fingerprint density at radius 3 is 3.06 bits per heavy atom. The Labute approximate surface area is 109 Å². The molecule has 1 aromatic rings. The van der Waals surface area contributed by atoms with Gasteiger partial charge >= 0.3 is 0 Å². The highest BCUT2D eigenvalue weighted by molar-refractivity contribution is 6.30.